The number of benzene rings is 2. The van der Waals surface area contributed by atoms with Gasteiger partial charge in [0.15, 0.2) is 5.65 Å². The number of aromatic nitrogens is 3. The number of amides is 2. The van der Waals surface area contributed by atoms with Crippen molar-refractivity contribution in [2.24, 2.45) is 0 Å². The Labute approximate surface area is 199 Å². The fraction of sp³-hybridized carbons (Fsp3) is 0.136. The van der Waals surface area contributed by atoms with E-state index in [4.69, 9.17) is 34.8 Å². The highest BCUT2D eigenvalue weighted by Crippen LogP contribution is 2.26. The SMILES string of the molecule is O=C(NCCCl)Nc1ccc(-c2cc(NCc3ccc(Cl)cc3Cl)n3nccc3n2)cc1. The molecule has 3 N–H and O–H groups in total. The van der Waals surface area contributed by atoms with Crippen molar-refractivity contribution >= 4 is 58.0 Å². The van der Waals surface area contributed by atoms with E-state index in [9.17, 15) is 4.79 Å². The average molecular weight is 490 g/mol. The molecule has 0 fully saturated rings. The van der Waals surface area contributed by atoms with E-state index >= 15 is 0 Å². The standard InChI is InChI=1S/C22H19Cl3N6O/c23-8-10-26-22(32)29-17-5-2-14(3-6-17)19-12-21(31-20(30-19)7-9-28-31)27-13-15-1-4-16(24)11-18(15)25/h1-7,9,11-12,27H,8,10,13H2,(H2,26,29,32). The minimum Gasteiger partial charge on any atom is -0.366 e. The predicted octanol–water partition coefficient (Wildman–Crippen LogP) is 5.68. The second kappa shape index (κ2) is 10.1. The second-order valence-corrected chi connectivity index (χ2v) is 8.09. The van der Waals surface area contributed by atoms with Gasteiger partial charge in [-0.15, -0.1) is 11.6 Å². The summed E-state index contributed by atoms with van der Waals surface area (Å²) < 4.78 is 1.73. The van der Waals surface area contributed by atoms with Crippen molar-refractivity contribution < 1.29 is 4.79 Å². The molecule has 0 radical (unpaired) electrons. The summed E-state index contributed by atoms with van der Waals surface area (Å²) in [7, 11) is 0. The number of urea groups is 1. The lowest BCUT2D eigenvalue weighted by molar-refractivity contribution is 0.252. The van der Waals surface area contributed by atoms with E-state index in [2.05, 4.69) is 26.0 Å². The minimum absolute atomic E-state index is 0.301. The van der Waals surface area contributed by atoms with Gasteiger partial charge in [0.25, 0.3) is 0 Å². The van der Waals surface area contributed by atoms with E-state index in [1.165, 1.54) is 0 Å². The van der Waals surface area contributed by atoms with Gasteiger partial charge < -0.3 is 16.0 Å². The first-order valence-corrected chi connectivity index (χ1v) is 11.1. The van der Waals surface area contributed by atoms with Gasteiger partial charge in [-0.1, -0.05) is 41.4 Å². The highest BCUT2D eigenvalue weighted by molar-refractivity contribution is 6.35. The number of hydrogen-bond acceptors (Lipinski definition) is 4. The number of nitrogens with zero attached hydrogens (tertiary/aromatic N) is 3. The molecule has 2 heterocycles. The molecule has 0 spiro atoms. The molecule has 2 amide bonds. The zero-order valence-corrected chi connectivity index (χ0v) is 19.0. The highest BCUT2D eigenvalue weighted by Gasteiger charge is 2.10. The molecular formula is C22H19Cl3N6O. The number of alkyl halides is 1. The molecule has 164 valence electrons. The van der Waals surface area contributed by atoms with Crippen molar-refractivity contribution in [2.45, 2.75) is 6.54 Å². The van der Waals surface area contributed by atoms with E-state index in [0.29, 0.717) is 40.3 Å². The van der Waals surface area contributed by atoms with Crippen LogP contribution < -0.4 is 16.0 Å². The quantitative estimate of drug-likeness (QED) is 0.292. The second-order valence-electron chi connectivity index (χ2n) is 6.86. The Morgan fingerprint density at radius 3 is 2.59 bits per heavy atom. The van der Waals surface area contributed by atoms with Gasteiger partial charge in [-0.2, -0.15) is 9.61 Å². The Morgan fingerprint density at radius 1 is 1.03 bits per heavy atom. The van der Waals surface area contributed by atoms with Crippen molar-refractivity contribution in [1.29, 1.82) is 0 Å². The van der Waals surface area contributed by atoms with E-state index in [1.807, 2.05) is 42.5 Å². The Kier molecular flexibility index (Phi) is 6.99. The molecule has 32 heavy (non-hydrogen) atoms. The molecule has 0 aliphatic heterocycles. The number of carbonyl (C=O) groups excluding carboxylic acids is 1. The van der Waals surface area contributed by atoms with Crippen LogP contribution in [0.3, 0.4) is 0 Å². The van der Waals surface area contributed by atoms with Crippen LogP contribution in [0.25, 0.3) is 16.9 Å². The molecule has 0 unspecified atom stereocenters. The monoisotopic (exact) mass is 488 g/mol. The molecule has 0 aliphatic carbocycles. The fourth-order valence-electron chi connectivity index (χ4n) is 3.10. The first-order chi connectivity index (χ1) is 15.5. The maximum atomic E-state index is 11.8. The summed E-state index contributed by atoms with van der Waals surface area (Å²) in [5.41, 5.74) is 3.95. The largest absolute Gasteiger partial charge is 0.366 e. The van der Waals surface area contributed by atoms with E-state index in [-0.39, 0.29) is 6.03 Å². The summed E-state index contributed by atoms with van der Waals surface area (Å²) in [6, 6.07) is 16.3. The Morgan fingerprint density at radius 2 is 1.84 bits per heavy atom. The summed E-state index contributed by atoms with van der Waals surface area (Å²) in [5.74, 6) is 1.12. The lowest BCUT2D eigenvalue weighted by atomic mass is 10.1. The van der Waals surface area contributed by atoms with Crippen LogP contribution in [-0.2, 0) is 6.54 Å². The maximum Gasteiger partial charge on any atom is 0.319 e. The van der Waals surface area contributed by atoms with Crippen molar-refractivity contribution in [3.63, 3.8) is 0 Å². The number of anilines is 2. The van der Waals surface area contributed by atoms with Gasteiger partial charge in [-0.25, -0.2) is 9.78 Å². The van der Waals surface area contributed by atoms with Gasteiger partial charge in [-0.05, 0) is 29.8 Å². The third-order valence-electron chi connectivity index (χ3n) is 4.65. The zero-order valence-electron chi connectivity index (χ0n) is 16.8. The maximum absolute atomic E-state index is 11.8. The van der Waals surface area contributed by atoms with Crippen LogP contribution in [0.5, 0.6) is 0 Å². The highest BCUT2D eigenvalue weighted by atomic mass is 35.5. The van der Waals surface area contributed by atoms with Crippen LogP contribution in [0.2, 0.25) is 10.0 Å². The molecule has 0 atom stereocenters. The first kappa shape index (κ1) is 22.2. The normalized spacial score (nSPS) is 10.8. The number of rotatable bonds is 7. The molecule has 4 rings (SSSR count). The minimum atomic E-state index is -0.301. The molecule has 2 aromatic heterocycles. The van der Waals surface area contributed by atoms with Crippen molar-refractivity contribution in [1.82, 2.24) is 19.9 Å². The summed E-state index contributed by atoms with van der Waals surface area (Å²) in [5, 5.41) is 14.3. The van der Waals surface area contributed by atoms with Gasteiger partial charge >= 0.3 is 6.03 Å². The summed E-state index contributed by atoms with van der Waals surface area (Å²) in [4.78, 5) is 16.5. The Bertz CT molecular complexity index is 1240. The summed E-state index contributed by atoms with van der Waals surface area (Å²) in [6.07, 6.45) is 1.69. The van der Waals surface area contributed by atoms with Crippen molar-refractivity contribution in [3.05, 3.63) is 76.4 Å². The molecule has 10 heteroatoms. The number of hydrogen-bond donors (Lipinski definition) is 3. The zero-order chi connectivity index (χ0) is 22.5. The molecule has 0 aliphatic rings. The van der Waals surface area contributed by atoms with Crippen LogP contribution in [0.1, 0.15) is 5.56 Å². The summed E-state index contributed by atoms with van der Waals surface area (Å²) >= 11 is 17.9. The molecule has 0 saturated heterocycles. The fourth-order valence-corrected chi connectivity index (χ4v) is 3.67. The third-order valence-corrected chi connectivity index (χ3v) is 5.43. The molecule has 2 aromatic carbocycles. The lowest BCUT2D eigenvalue weighted by Gasteiger charge is -2.12. The van der Waals surface area contributed by atoms with E-state index in [1.54, 1.807) is 22.8 Å². The Hall–Kier alpha value is -3.00. The van der Waals surface area contributed by atoms with Gasteiger partial charge in [0.1, 0.15) is 5.82 Å². The number of fused-ring (bicyclic) bond motifs is 1. The van der Waals surface area contributed by atoms with Gasteiger partial charge in [0.2, 0.25) is 0 Å². The topological polar surface area (TPSA) is 83.4 Å². The van der Waals surface area contributed by atoms with Gasteiger partial charge in [0, 0.05) is 52.4 Å². The van der Waals surface area contributed by atoms with Crippen LogP contribution in [0, 0.1) is 0 Å². The van der Waals surface area contributed by atoms with Gasteiger partial charge in [0.05, 0.1) is 11.9 Å². The molecule has 0 bridgehead atoms. The number of nitrogens with one attached hydrogen (secondary N) is 3. The van der Waals surface area contributed by atoms with Crippen LogP contribution >= 0.6 is 34.8 Å². The molecule has 4 aromatic rings. The van der Waals surface area contributed by atoms with Crippen molar-refractivity contribution in [3.8, 4) is 11.3 Å². The smallest absolute Gasteiger partial charge is 0.319 e. The third kappa shape index (κ3) is 5.24. The van der Waals surface area contributed by atoms with Crippen molar-refractivity contribution in [2.75, 3.05) is 23.1 Å². The first-order valence-electron chi connectivity index (χ1n) is 9.77. The molecule has 7 nitrogen and oxygen atoms in total. The number of carbonyl (C=O) groups is 1. The lowest BCUT2D eigenvalue weighted by Crippen LogP contribution is -2.30. The molecule has 0 saturated carbocycles. The predicted molar refractivity (Wildman–Crippen MR) is 130 cm³/mol. The van der Waals surface area contributed by atoms with Crippen LogP contribution in [0.15, 0.2) is 60.8 Å². The number of halogens is 3. The molecular weight excluding hydrogens is 471 g/mol. The summed E-state index contributed by atoms with van der Waals surface area (Å²) in [6.45, 7) is 0.895. The van der Waals surface area contributed by atoms with E-state index in [0.717, 1.165) is 22.6 Å². The van der Waals surface area contributed by atoms with Gasteiger partial charge in [-0.3, -0.25) is 0 Å². The Balaban J connectivity index is 1.55. The van der Waals surface area contributed by atoms with Crippen LogP contribution in [-0.4, -0.2) is 33.1 Å². The average Bonchev–Trinajstić information content (AvgIpc) is 3.26. The van der Waals surface area contributed by atoms with E-state index < -0.39 is 0 Å². The van der Waals surface area contributed by atoms with Crippen LogP contribution in [0.4, 0.5) is 16.3 Å².